The first kappa shape index (κ1) is 16.5. The molecule has 0 aromatic carbocycles. The van der Waals surface area contributed by atoms with Crippen molar-refractivity contribution in [1.29, 1.82) is 0 Å². The van der Waals surface area contributed by atoms with Gasteiger partial charge in [0.15, 0.2) is 0 Å². The van der Waals surface area contributed by atoms with E-state index in [0.29, 0.717) is 12.4 Å². The van der Waals surface area contributed by atoms with Gasteiger partial charge in [-0.3, -0.25) is 5.32 Å². The van der Waals surface area contributed by atoms with Crippen molar-refractivity contribution in [3.8, 4) is 6.01 Å². The minimum atomic E-state index is -0.142. The number of aromatic nitrogens is 2. The van der Waals surface area contributed by atoms with Gasteiger partial charge in [0.1, 0.15) is 5.82 Å². The fourth-order valence-corrected chi connectivity index (χ4v) is 2.42. The monoisotopic (exact) mass is 308 g/mol. The van der Waals surface area contributed by atoms with Crippen LogP contribution < -0.4 is 10.1 Å². The molecule has 0 saturated carbocycles. The number of methoxy groups -OCH3 is 1. The summed E-state index contributed by atoms with van der Waals surface area (Å²) in [5, 5.41) is 2.79. The van der Waals surface area contributed by atoms with E-state index in [1.807, 2.05) is 4.90 Å². The summed E-state index contributed by atoms with van der Waals surface area (Å²) in [7, 11) is 1.49. The molecule has 7 nitrogen and oxygen atoms in total. The van der Waals surface area contributed by atoms with Crippen LogP contribution in [0, 0.1) is 0 Å². The molecule has 2 amide bonds. The summed E-state index contributed by atoms with van der Waals surface area (Å²) in [6.45, 7) is 4.33. The average Bonchev–Trinajstić information content (AvgIpc) is 2.78. The number of hydrogen-bond acceptors (Lipinski definition) is 5. The van der Waals surface area contributed by atoms with Crippen molar-refractivity contribution in [2.24, 2.45) is 0 Å². The maximum Gasteiger partial charge on any atom is 0.323 e. The van der Waals surface area contributed by atoms with Crippen LogP contribution in [0.3, 0.4) is 0 Å². The van der Waals surface area contributed by atoms with E-state index < -0.39 is 0 Å². The third kappa shape index (κ3) is 4.84. The summed E-state index contributed by atoms with van der Waals surface area (Å²) >= 11 is 0. The lowest BCUT2D eigenvalue weighted by Gasteiger charge is -2.21. The normalized spacial score (nSPS) is 18.6. The second kappa shape index (κ2) is 8.53. The highest BCUT2D eigenvalue weighted by Gasteiger charge is 2.21. The van der Waals surface area contributed by atoms with E-state index in [4.69, 9.17) is 9.47 Å². The van der Waals surface area contributed by atoms with Gasteiger partial charge < -0.3 is 14.4 Å². The molecule has 0 aliphatic carbocycles. The molecular formula is C15H24N4O3. The van der Waals surface area contributed by atoms with Crippen LogP contribution in [0.15, 0.2) is 12.3 Å². The van der Waals surface area contributed by atoms with E-state index in [1.54, 1.807) is 12.3 Å². The Kier molecular flexibility index (Phi) is 6.39. The molecule has 1 aromatic rings. The molecule has 1 aliphatic heterocycles. The van der Waals surface area contributed by atoms with E-state index >= 15 is 0 Å². The van der Waals surface area contributed by atoms with Gasteiger partial charge in [-0.15, -0.1) is 0 Å². The molecule has 2 rings (SSSR count). The standard InChI is InChI=1S/C15H24N4O3/c1-3-11-22-12-5-4-9-19(10-7-12)15(20)18-13-6-8-16-14(17-13)21-2/h6,8,12H,3-5,7,9-11H2,1-2H3,(H,16,17,18,20)/t12-/m0/s1. The van der Waals surface area contributed by atoms with Crippen LogP contribution in [-0.2, 0) is 4.74 Å². The number of likely N-dealkylation sites (tertiary alicyclic amines) is 1. The van der Waals surface area contributed by atoms with Gasteiger partial charge in [-0.1, -0.05) is 6.92 Å². The second-order valence-electron chi connectivity index (χ2n) is 5.27. The summed E-state index contributed by atoms with van der Waals surface area (Å²) in [6.07, 6.45) is 5.67. The minimum absolute atomic E-state index is 0.142. The van der Waals surface area contributed by atoms with Crippen molar-refractivity contribution >= 4 is 11.8 Å². The van der Waals surface area contributed by atoms with Gasteiger partial charge in [0.05, 0.1) is 13.2 Å². The average molecular weight is 308 g/mol. The maximum atomic E-state index is 12.3. The molecule has 122 valence electrons. The van der Waals surface area contributed by atoms with Crippen molar-refractivity contribution in [2.75, 3.05) is 32.1 Å². The Morgan fingerprint density at radius 1 is 1.45 bits per heavy atom. The number of amides is 2. The Morgan fingerprint density at radius 3 is 3.09 bits per heavy atom. The number of ether oxygens (including phenoxy) is 2. The van der Waals surface area contributed by atoms with Gasteiger partial charge in [0, 0.05) is 25.9 Å². The summed E-state index contributed by atoms with van der Waals surface area (Å²) in [5.41, 5.74) is 0. The third-order valence-electron chi connectivity index (χ3n) is 3.57. The zero-order chi connectivity index (χ0) is 15.8. The van der Waals surface area contributed by atoms with E-state index in [1.165, 1.54) is 7.11 Å². The molecule has 0 bridgehead atoms. The largest absolute Gasteiger partial charge is 0.467 e. The van der Waals surface area contributed by atoms with Gasteiger partial charge in [0.25, 0.3) is 0 Å². The van der Waals surface area contributed by atoms with Gasteiger partial charge in [-0.2, -0.15) is 4.98 Å². The molecule has 1 aromatic heterocycles. The number of carbonyl (C=O) groups excluding carboxylic acids is 1. The van der Waals surface area contributed by atoms with Crippen molar-refractivity contribution in [2.45, 2.75) is 38.7 Å². The molecule has 1 saturated heterocycles. The number of anilines is 1. The number of carbonyl (C=O) groups is 1. The van der Waals surface area contributed by atoms with Crippen LogP contribution in [-0.4, -0.2) is 53.8 Å². The van der Waals surface area contributed by atoms with Crippen molar-refractivity contribution in [1.82, 2.24) is 14.9 Å². The molecule has 1 fully saturated rings. The van der Waals surface area contributed by atoms with Crippen molar-refractivity contribution in [3.63, 3.8) is 0 Å². The Bertz CT molecular complexity index is 484. The lowest BCUT2D eigenvalue weighted by molar-refractivity contribution is 0.0446. The molecule has 0 unspecified atom stereocenters. The van der Waals surface area contributed by atoms with Gasteiger partial charge in [-0.05, 0) is 31.7 Å². The van der Waals surface area contributed by atoms with E-state index in [0.717, 1.165) is 38.8 Å². The second-order valence-corrected chi connectivity index (χ2v) is 5.27. The van der Waals surface area contributed by atoms with Crippen molar-refractivity contribution in [3.05, 3.63) is 12.3 Å². The fourth-order valence-electron chi connectivity index (χ4n) is 2.42. The highest BCUT2D eigenvalue weighted by molar-refractivity contribution is 5.88. The molecule has 1 aliphatic rings. The van der Waals surface area contributed by atoms with E-state index in [9.17, 15) is 4.79 Å². The lowest BCUT2D eigenvalue weighted by Crippen LogP contribution is -2.36. The summed E-state index contributed by atoms with van der Waals surface area (Å²) < 4.78 is 10.7. The SMILES string of the molecule is CCCO[C@H]1CCCN(C(=O)Nc2ccnc(OC)n2)CC1. The predicted molar refractivity (Wildman–Crippen MR) is 83.1 cm³/mol. The first-order valence-corrected chi connectivity index (χ1v) is 7.77. The Morgan fingerprint density at radius 2 is 2.32 bits per heavy atom. The van der Waals surface area contributed by atoms with Gasteiger partial charge in [-0.25, -0.2) is 9.78 Å². The Balaban J connectivity index is 1.86. The highest BCUT2D eigenvalue weighted by atomic mass is 16.5. The van der Waals surface area contributed by atoms with Crippen LogP contribution in [0.2, 0.25) is 0 Å². The first-order valence-electron chi connectivity index (χ1n) is 7.77. The van der Waals surface area contributed by atoms with Gasteiger partial charge in [0.2, 0.25) is 0 Å². The van der Waals surface area contributed by atoms with Crippen molar-refractivity contribution < 1.29 is 14.3 Å². The molecule has 0 spiro atoms. The lowest BCUT2D eigenvalue weighted by atomic mass is 10.2. The van der Waals surface area contributed by atoms with Crippen LogP contribution in [0.4, 0.5) is 10.6 Å². The van der Waals surface area contributed by atoms with Gasteiger partial charge >= 0.3 is 12.0 Å². The van der Waals surface area contributed by atoms with Crippen LogP contribution >= 0.6 is 0 Å². The number of nitrogens with one attached hydrogen (secondary N) is 1. The summed E-state index contributed by atoms with van der Waals surface area (Å²) in [5.74, 6) is 0.444. The fraction of sp³-hybridized carbons (Fsp3) is 0.667. The molecule has 7 heteroatoms. The quantitative estimate of drug-likeness (QED) is 0.903. The number of rotatable bonds is 5. The van der Waals surface area contributed by atoms with E-state index in [-0.39, 0.29) is 18.1 Å². The predicted octanol–water partition coefficient (Wildman–Crippen LogP) is 2.30. The zero-order valence-electron chi connectivity index (χ0n) is 13.2. The smallest absolute Gasteiger partial charge is 0.323 e. The molecule has 1 atom stereocenters. The molecule has 0 radical (unpaired) electrons. The summed E-state index contributed by atoms with van der Waals surface area (Å²) in [6, 6.07) is 1.74. The van der Waals surface area contributed by atoms with Crippen LogP contribution in [0.5, 0.6) is 6.01 Å². The number of hydrogen-bond donors (Lipinski definition) is 1. The van der Waals surface area contributed by atoms with Crippen LogP contribution in [0.25, 0.3) is 0 Å². The molecule has 2 heterocycles. The Labute approximate surface area is 131 Å². The van der Waals surface area contributed by atoms with E-state index in [2.05, 4.69) is 22.2 Å². The number of urea groups is 1. The number of nitrogens with zero attached hydrogens (tertiary/aromatic N) is 3. The van der Waals surface area contributed by atoms with Crippen LogP contribution in [0.1, 0.15) is 32.6 Å². The zero-order valence-corrected chi connectivity index (χ0v) is 13.2. The first-order chi connectivity index (χ1) is 10.7. The topological polar surface area (TPSA) is 76.6 Å². The third-order valence-corrected chi connectivity index (χ3v) is 3.57. The Hall–Kier alpha value is -1.89. The highest BCUT2D eigenvalue weighted by Crippen LogP contribution is 2.16. The molecule has 1 N–H and O–H groups in total. The maximum absolute atomic E-state index is 12.3. The summed E-state index contributed by atoms with van der Waals surface area (Å²) in [4.78, 5) is 22.1. The molecule has 22 heavy (non-hydrogen) atoms. The minimum Gasteiger partial charge on any atom is -0.467 e. The molecular weight excluding hydrogens is 284 g/mol.